The van der Waals surface area contributed by atoms with Gasteiger partial charge >= 0.3 is 0 Å². The molecule has 132 valence electrons. The van der Waals surface area contributed by atoms with Gasteiger partial charge < -0.3 is 4.74 Å². The van der Waals surface area contributed by atoms with Crippen molar-refractivity contribution in [3.63, 3.8) is 0 Å². The summed E-state index contributed by atoms with van der Waals surface area (Å²) in [6, 6.07) is 7.88. The second-order valence-corrected chi connectivity index (χ2v) is 8.11. The van der Waals surface area contributed by atoms with Crippen molar-refractivity contribution < 1.29 is 14.4 Å². The molecule has 1 amide bonds. The van der Waals surface area contributed by atoms with E-state index in [1.165, 1.54) is 12.2 Å². The number of rotatable bonds is 8. The molecule has 1 rings (SSSR count). The van der Waals surface area contributed by atoms with Gasteiger partial charge in [0.05, 0.1) is 25.7 Å². The van der Waals surface area contributed by atoms with Crippen LogP contribution in [-0.4, -0.2) is 38.3 Å². The van der Waals surface area contributed by atoms with Crippen molar-refractivity contribution in [3.8, 4) is 12.3 Å². The van der Waals surface area contributed by atoms with Crippen LogP contribution in [0.5, 0.6) is 0 Å². The topological polar surface area (TPSA) is 38.8 Å². The molecule has 0 spiro atoms. The number of carbonyl (C=O) groups is 1. The van der Waals surface area contributed by atoms with Crippen molar-refractivity contribution in [1.82, 2.24) is 5.06 Å². The molecule has 0 saturated heterocycles. The van der Waals surface area contributed by atoms with E-state index in [2.05, 4.69) is 42.4 Å². The highest BCUT2D eigenvalue weighted by atomic mass is 127. The normalized spacial score (nSPS) is 13.9. The number of benzene rings is 1. The summed E-state index contributed by atoms with van der Waals surface area (Å²) in [6.07, 6.45) is 6.03. The second-order valence-electron chi connectivity index (χ2n) is 6.87. The molecule has 0 N–H and O–H groups in total. The Morgan fingerprint density at radius 3 is 2.54 bits per heavy atom. The Kier molecular flexibility index (Phi) is 7.71. The molecule has 0 radical (unpaired) electrons. The molecule has 0 fully saturated rings. The standard InChI is InChI=1S/C19H26INO3/c1-7-11-18(2,3)13-24-14-19(4,17(22)21(5)23-6)15-9-8-10-16(20)12-15/h1,8-10,12H,11,13-14H2,2-6H3. The first-order valence-corrected chi connectivity index (χ1v) is 8.84. The van der Waals surface area contributed by atoms with Crippen LogP contribution in [-0.2, 0) is 19.8 Å². The van der Waals surface area contributed by atoms with E-state index in [4.69, 9.17) is 16.0 Å². The molecule has 0 heterocycles. The lowest BCUT2D eigenvalue weighted by Crippen LogP contribution is -2.46. The molecular weight excluding hydrogens is 417 g/mol. The molecule has 0 aromatic heterocycles. The third-order valence-electron chi connectivity index (χ3n) is 3.96. The first-order valence-electron chi connectivity index (χ1n) is 7.76. The highest BCUT2D eigenvalue weighted by Gasteiger charge is 2.39. The van der Waals surface area contributed by atoms with Crippen LogP contribution in [0.3, 0.4) is 0 Å². The maximum atomic E-state index is 12.9. The molecule has 1 atom stereocenters. The summed E-state index contributed by atoms with van der Waals surface area (Å²) >= 11 is 2.24. The molecule has 0 aliphatic carbocycles. The molecule has 0 aliphatic heterocycles. The average Bonchev–Trinajstić information content (AvgIpc) is 2.52. The summed E-state index contributed by atoms with van der Waals surface area (Å²) in [5.74, 6) is 2.52. The Morgan fingerprint density at radius 2 is 2.00 bits per heavy atom. The lowest BCUT2D eigenvalue weighted by atomic mass is 9.82. The van der Waals surface area contributed by atoms with Crippen molar-refractivity contribution in [3.05, 3.63) is 33.4 Å². The van der Waals surface area contributed by atoms with Gasteiger partial charge in [-0.2, -0.15) is 0 Å². The van der Waals surface area contributed by atoms with Crippen LogP contribution < -0.4 is 0 Å². The van der Waals surface area contributed by atoms with Crippen molar-refractivity contribution in [2.75, 3.05) is 27.4 Å². The van der Waals surface area contributed by atoms with Crippen LogP contribution >= 0.6 is 22.6 Å². The van der Waals surface area contributed by atoms with Crippen LogP contribution in [0.25, 0.3) is 0 Å². The first kappa shape index (κ1) is 20.9. The zero-order valence-corrected chi connectivity index (χ0v) is 17.2. The Labute approximate surface area is 159 Å². The van der Waals surface area contributed by atoms with E-state index in [-0.39, 0.29) is 17.9 Å². The number of nitrogens with zero attached hydrogens (tertiary/aromatic N) is 1. The fraction of sp³-hybridized carbons (Fsp3) is 0.526. The van der Waals surface area contributed by atoms with Crippen LogP contribution in [0.2, 0.25) is 0 Å². The van der Waals surface area contributed by atoms with Gasteiger partial charge in [0.2, 0.25) is 0 Å². The number of amides is 1. The minimum Gasteiger partial charge on any atom is -0.379 e. The monoisotopic (exact) mass is 443 g/mol. The van der Waals surface area contributed by atoms with Gasteiger partial charge in [0, 0.05) is 17.0 Å². The van der Waals surface area contributed by atoms with Crippen molar-refractivity contribution in [2.24, 2.45) is 5.41 Å². The zero-order valence-electron chi connectivity index (χ0n) is 15.1. The summed E-state index contributed by atoms with van der Waals surface area (Å²) in [6.45, 7) is 6.73. The van der Waals surface area contributed by atoms with Crippen LogP contribution in [0.15, 0.2) is 24.3 Å². The Balaban J connectivity index is 3.03. The van der Waals surface area contributed by atoms with E-state index in [0.717, 1.165) is 9.13 Å². The fourth-order valence-electron chi connectivity index (χ4n) is 2.39. The third kappa shape index (κ3) is 5.47. The zero-order chi connectivity index (χ0) is 18.4. The molecular formula is C19H26INO3. The lowest BCUT2D eigenvalue weighted by molar-refractivity contribution is -0.177. The molecule has 0 aliphatic rings. The van der Waals surface area contributed by atoms with Gasteiger partial charge in [-0.25, -0.2) is 5.06 Å². The number of hydrogen-bond acceptors (Lipinski definition) is 3. The summed E-state index contributed by atoms with van der Waals surface area (Å²) in [4.78, 5) is 18.0. The number of hydrogen-bond donors (Lipinski definition) is 0. The van der Waals surface area contributed by atoms with Crippen LogP contribution in [0.4, 0.5) is 0 Å². The molecule has 0 saturated carbocycles. The number of carbonyl (C=O) groups excluding carboxylic acids is 1. The maximum absolute atomic E-state index is 12.9. The minimum atomic E-state index is -0.835. The van der Waals surface area contributed by atoms with E-state index in [9.17, 15) is 4.79 Å². The molecule has 1 unspecified atom stereocenters. The molecule has 5 heteroatoms. The molecule has 1 aromatic carbocycles. The van der Waals surface area contributed by atoms with Crippen LogP contribution in [0, 0.1) is 21.3 Å². The van der Waals surface area contributed by atoms with E-state index < -0.39 is 5.41 Å². The van der Waals surface area contributed by atoms with Gasteiger partial charge in [-0.15, -0.1) is 12.3 Å². The highest BCUT2D eigenvalue weighted by Crippen LogP contribution is 2.29. The largest absolute Gasteiger partial charge is 0.379 e. The number of halogens is 1. The summed E-state index contributed by atoms with van der Waals surface area (Å²) in [5, 5.41) is 1.25. The Hall–Kier alpha value is -1.10. The number of hydroxylamine groups is 2. The molecule has 24 heavy (non-hydrogen) atoms. The van der Waals surface area contributed by atoms with Gasteiger partial charge in [0.15, 0.2) is 0 Å². The molecule has 0 bridgehead atoms. The van der Waals surface area contributed by atoms with E-state index >= 15 is 0 Å². The minimum absolute atomic E-state index is 0.128. The number of likely N-dealkylation sites (N-methyl/N-ethyl adjacent to an activating group) is 1. The Morgan fingerprint density at radius 1 is 1.33 bits per heavy atom. The third-order valence-corrected chi connectivity index (χ3v) is 4.63. The van der Waals surface area contributed by atoms with Crippen molar-refractivity contribution in [1.29, 1.82) is 0 Å². The Bertz CT molecular complexity index is 609. The molecule has 4 nitrogen and oxygen atoms in total. The maximum Gasteiger partial charge on any atom is 0.258 e. The smallest absolute Gasteiger partial charge is 0.258 e. The lowest BCUT2D eigenvalue weighted by Gasteiger charge is -2.33. The van der Waals surface area contributed by atoms with Gasteiger partial charge in [-0.05, 0) is 52.6 Å². The summed E-state index contributed by atoms with van der Waals surface area (Å²) in [5.41, 5.74) is -0.0622. The predicted molar refractivity (Wildman–Crippen MR) is 104 cm³/mol. The quantitative estimate of drug-likeness (QED) is 0.350. The first-order chi connectivity index (χ1) is 11.2. The highest BCUT2D eigenvalue weighted by molar-refractivity contribution is 14.1. The fourth-order valence-corrected chi connectivity index (χ4v) is 2.93. The van der Waals surface area contributed by atoms with Crippen molar-refractivity contribution >= 4 is 28.5 Å². The number of ether oxygens (including phenoxy) is 1. The number of terminal acetylenes is 1. The second kappa shape index (κ2) is 8.84. The predicted octanol–water partition coefficient (Wildman–Crippen LogP) is 3.63. The van der Waals surface area contributed by atoms with Gasteiger partial charge in [-0.1, -0.05) is 26.0 Å². The summed E-state index contributed by atoms with van der Waals surface area (Å²) in [7, 11) is 3.08. The van der Waals surface area contributed by atoms with Gasteiger partial charge in [0.25, 0.3) is 5.91 Å². The van der Waals surface area contributed by atoms with Crippen LogP contribution in [0.1, 0.15) is 32.8 Å². The van der Waals surface area contributed by atoms with Gasteiger partial charge in [0.1, 0.15) is 0 Å². The molecule has 1 aromatic rings. The summed E-state index contributed by atoms with van der Waals surface area (Å²) < 4.78 is 6.99. The average molecular weight is 443 g/mol. The van der Waals surface area contributed by atoms with E-state index in [1.807, 2.05) is 31.2 Å². The van der Waals surface area contributed by atoms with E-state index in [1.54, 1.807) is 7.05 Å². The van der Waals surface area contributed by atoms with Gasteiger partial charge in [-0.3, -0.25) is 9.63 Å². The van der Waals surface area contributed by atoms with Crippen molar-refractivity contribution in [2.45, 2.75) is 32.6 Å². The SMILES string of the molecule is C#CCC(C)(C)COCC(C)(C(=O)N(C)OC)c1cccc(I)c1. The van der Waals surface area contributed by atoms with E-state index in [0.29, 0.717) is 13.0 Å².